The number of hydrogen-bond acceptors (Lipinski definition) is 8. The molecular formula is C25H22FN5O5S. The third-order valence-corrected chi connectivity index (χ3v) is 6.09. The van der Waals surface area contributed by atoms with Gasteiger partial charge in [0.1, 0.15) is 17.3 Å². The molecule has 0 spiro atoms. The van der Waals surface area contributed by atoms with Crippen molar-refractivity contribution in [2.75, 3.05) is 18.2 Å². The number of hydrogen-bond donors (Lipinski definition) is 1. The molecule has 1 aromatic heterocycles. The molecule has 1 heterocycles. The molecule has 1 amide bonds. The van der Waals surface area contributed by atoms with E-state index in [-0.39, 0.29) is 17.1 Å². The summed E-state index contributed by atoms with van der Waals surface area (Å²) in [6, 6.07) is 19.4. The minimum absolute atomic E-state index is 0.141. The van der Waals surface area contributed by atoms with Crippen molar-refractivity contribution >= 4 is 29.0 Å². The number of amides is 1. The van der Waals surface area contributed by atoms with Gasteiger partial charge in [-0.3, -0.25) is 19.5 Å². The fraction of sp³-hybridized carbons (Fsp3) is 0.160. The molecule has 0 aliphatic rings. The first-order chi connectivity index (χ1) is 17.9. The van der Waals surface area contributed by atoms with Crippen molar-refractivity contribution in [1.82, 2.24) is 14.8 Å². The van der Waals surface area contributed by atoms with Crippen molar-refractivity contribution in [3.8, 4) is 17.2 Å². The van der Waals surface area contributed by atoms with Gasteiger partial charge in [-0.1, -0.05) is 36.0 Å². The lowest BCUT2D eigenvalue weighted by Crippen LogP contribution is -2.16. The van der Waals surface area contributed by atoms with Gasteiger partial charge < -0.3 is 14.8 Å². The van der Waals surface area contributed by atoms with Gasteiger partial charge in [0.25, 0.3) is 5.69 Å². The number of rotatable bonds is 10. The Balaban J connectivity index is 1.54. The van der Waals surface area contributed by atoms with Crippen LogP contribution in [0, 0.1) is 15.9 Å². The lowest BCUT2D eigenvalue weighted by atomic mass is 10.2. The molecule has 37 heavy (non-hydrogen) atoms. The van der Waals surface area contributed by atoms with Crippen LogP contribution in [-0.2, 0) is 4.79 Å². The summed E-state index contributed by atoms with van der Waals surface area (Å²) in [6.45, 7) is 1.83. The minimum Gasteiger partial charge on any atom is -0.497 e. The monoisotopic (exact) mass is 523 g/mol. The predicted octanol–water partition coefficient (Wildman–Crippen LogP) is 5.19. The summed E-state index contributed by atoms with van der Waals surface area (Å²) in [6.07, 6.45) is -0.512. The first kappa shape index (κ1) is 25.6. The Bertz CT molecular complexity index is 1420. The third-order valence-electron chi connectivity index (χ3n) is 5.16. The van der Waals surface area contributed by atoms with Crippen molar-refractivity contribution in [3.63, 3.8) is 0 Å². The van der Waals surface area contributed by atoms with Gasteiger partial charge in [0.05, 0.1) is 23.5 Å². The number of nitro groups is 1. The summed E-state index contributed by atoms with van der Waals surface area (Å²) >= 11 is 1.08. The maximum Gasteiger partial charge on any atom is 0.271 e. The van der Waals surface area contributed by atoms with Gasteiger partial charge in [0.2, 0.25) is 5.91 Å². The van der Waals surface area contributed by atoms with Crippen LogP contribution in [0.25, 0.3) is 5.69 Å². The summed E-state index contributed by atoms with van der Waals surface area (Å²) in [7, 11) is 1.57. The lowest BCUT2D eigenvalue weighted by Gasteiger charge is -2.17. The maximum absolute atomic E-state index is 14.1. The number of anilines is 1. The normalized spacial score (nSPS) is 11.5. The van der Waals surface area contributed by atoms with E-state index in [2.05, 4.69) is 15.5 Å². The summed E-state index contributed by atoms with van der Waals surface area (Å²) < 4.78 is 27.2. The van der Waals surface area contributed by atoms with Crippen LogP contribution >= 0.6 is 11.8 Å². The molecule has 0 saturated heterocycles. The number of para-hydroxylation sites is 1. The standard InChI is InChI=1S/C25H22FN5O5S/c1-16(36-20-10-6-9-19(14-20)35-2)24-28-29-25(30(24)17-7-4-3-5-8-17)37-15-23(32)27-22-13-18(31(33)34)11-12-21(22)26/h3-14,16H,15H2,1-2H3,(H,27,32). The Morgan fingerprint density at radius 3 is 2.59 bits per heavy atom. The maximum atomic E-state index is 14.1. The average Bonchev–Trinajstić information content (AvgIpc) is 3.33. The molecule has 0 saturated carbocycles. The number of carbonyl (C=O) groups excluding carboxylic acids is 1. The number of carbonyl (C=O) groups is 1. The lowest BCUT2D eigenvalue weighted by molar-refractivity contribution is -0.384. The topological polar surface area (TPSA) is 121 Å². The summed E-state index contributed by atoms with van der Waals surface area (Å²) in [5.41, 5.74) is 0.157. The number of non-ortho nitro benzene ring substituents is 1. The Morgan fingerprint density at radius 1 is 1.11 bits per heavy atom. The molecule has 4 rings (SSSR count). The van der Waals surface area contributed by atoms with Gasteiger partial charge in [-0.15, -0.1) is 10.2 Å². The van der Waals surface area contributed by atoms with Crippen molar-refractivity contribution in [3.05, 3.63) is 94.6 Å². The van der Waals surface area contributed by atoms with Crippen molar-refractivity contribution in [2.45, 2.75) is 18.2 Å². The van der Waals surface area contributed by atoms with Gasteiger partial charge in [-0.2, -0.15) is 0 Å². The van der Waals surface area contributed by atoms with E-state index in [1.165, 1.54) is 0 Å². The first-order valence-electron chi connectivity index (χ1n) is 11.0. The number of thioether (sulfide) groups is 1. The molecule has 0 radical (unpaired) electrons. The number of methoxy groups -OCH3 is 1. The van der Waals surface area contributed by atoms with Crippen LogP contribution in [-0.4, -0.2) is 38.5 Å². The van der Waals surface area contributed by atoms with Gasteiger partial charge in [0.15, 0.2) is 17.1 Å². The zero-order valence-electron chi connectivity index (χ0n) is 19.8. The highest BCUT2D eigenvalue weighted by atomic mass is 32.2. The average molecular weight is 524 g/mol. The van der Waals surface area contributed by atoms with Crippen LogP contribution in [0.1, 0.15) is 18.9 Å². The van der Waals surface area contributed by atoms with E-state index in [1.54, 1.807) is 23.8 Å². The third kappa shape index (κ3) is 6.22. The van der Waals surface area contributed by atoms with Gasteiger partial charge >= 0.3 is 0 Å². The fourth-order valence-corrected chi connectivity index (χ4v) is 4.19. The van der Waals surface area contributed by atoms with Crippen LogP contribution in [0.5, 0.6) is 11.5 Å². The molecule has 12 heteroatoms. The Hall–Kier alpha value is -4.45. The molecule has 10 nitrogen and oxygen atoms in total. The highest BCUT2D eigenvalue weighted by Gasteiger charge is 2.22. The molecule has 4 aromatic rings. The van der Waals surface area contributed by atoms with E-state index < -0.39 is 22.8 Å². The Morgan fingerprint density at radius 2 is 1.86 bits per heavy atom. The first-order valence-corrected chi connectivity index (χ1v) is 12.0. The smallest absolute Gasteiger partial charge is 0.271 e. The molecule has 0 bridgehead atoms. The summed E-state index contributed by atoms with van der Waals surface area (Å²) in [4.78, 5) is 22.9. The van der Waals surface area contributed by atoms with Gasteiger partial charge in [-0.25, -0.2) is 4.39 Å². The zero-order valence-corrected chi connectivity index (χ0v) is 20.6. The zero-order chi connectivity index (χ0) is 26.4. The predicted molar refractivity (Wildman–Crippen MR) is 136 cm³/mol. The van der Waals surface area contributed by atoms with Crippen LogP contribution in [0.3, 0.4) is 0 Å². The number of aromatic nitrogens is 3. The summed E-state index contributed by atoms with van der Waals surface area (Å²) in [5, 5.41) is 22.3. The van der Waals surface area contributed by atoms with Crippen LogP contribution in [0.4, 0.5) is 15.8 Å². The van der Waals surface area contributed by atoms with Crippen LogP contribution in [0.2, 0.25) is 0 Å². The molecule has 3 aromatic carbocycles. The van der Waals surface area contributed by atoms with E-state index in [0.717, 1.165) is 35.6 Å². The second-order valence-corrected chi connectivity index (χ2v) is 8.65. The minimum atomic E-state index is -0.776. The van der Waals surface area contributed by atoms with Crippen molar-refractivity contribution in [1.29, 1.82) is 0 Å². The second kappa shape index (κ2) is 11.5. The highest BCUT2D eigenvalue weighted by Crippen LogP contribution is 2.29. The molecule has 0 aliphatic heterocycles. The molecule has 1 atom stereocenters. The van der Waals surface area contributed by atoms with E-state index in [4.69, 9.17) is 9.47 Å². The van der Waals surface area contributed by atoms with Crippen molar-refractivity contribution in [2.24, 2.45) is 0 Å². The molecule has 0 fully saturated rings. The van der Waals surface area contributed by atoms with E-state index in [1.807, 2.05) is 49.4 Å². The fourth-order valence-electron chi connectivity index (χ4n) is 3.43. The van der Waals surface area contributed by atoms with Crippen LogP contribution < -0.4 is 14.8 Å². The molecule has 1 N–H and O–H groups in total. The van der Waals surface area contributed by atoms with Gasteiger partial charge in [0, 0.05) is 23.9 Å². The van der Waals surface area contributed by atoms with E-state index in [0.29, 0.717) is 22.5 Å². The van der Waals surface area contributed by atoms with E-state index >= 15 is 0 Å². The van der Waals surface area contributed by atoms with E-state index in [9.17, 15) is 19.3 Å². The van der Waals surface area contributed by atoms with Crippen molar-refractivity contribution < 1.29 is 23.6 Å². The Kier molecular flexibility index (Phi) is 7.98. The number of halogens is 1. The highest BCUT2D eigenvalue weighted by molar-refractivity contribution is 7.99. The Labute approximate surface area is 215 Å². The molecule has 190 valence electrons. The number of nitrogens with zero attached hydrogens (tertiary/aromatic N) is 4. The molecule has 0 aliphatic carbocycles. The number of benzene rings is 3. The number of ether oxygens (including phenoxy) is 2. The SMILES string of the molecule is COc1cccc(OC(C)c2nnc(SCC(=O)Nc3cc([N+](=O)[O-])ccc3F)n2-c2ccccc2)c1. The quantitative estimate of drug-likeness (QED) is 0.171. The molecular weight excluding hydrogens is 501 g/mol. The molecule has 1 unspecified atom stereocenters. The number of nitrogens with one attached hydrogen (secondary N) is 1. The largest absolute Gasteiger partial charge is 0.497 e. The second-order valence-electron chi connectivity index (χ2n) is 7.71. The number of nitro benzene ring substituents is 1. The van der Waals surface area contributed by atoms with Crippen LogP contribution in [0.15, 0.2) is 78.0 Å². The van der Waals surface area contributed by atoms with Gasteiger partial charge in [-0.05, 0) is 37.3 Å². The summed E-state index contributed by atoms with van der Waals surface area (Å²) in [5.74, 6) is 0.259.